The average Bonchev–Trinajstić information content (AvgIpc) is 2.51. The zero-order valence-electron chi connectivity index (χ0n) is 12.9. The summed E-state index contributed by atoms with van der Waals surface area (Å²) in [6, 6.07) is 11.4. The third kappa shape index (κ3) is 4.95. The van der Waals surface area contributed by atoms with Gasteiger partial charge in [0.15, 0.2) is 0 Å². The number of phenols is 1. The Bertz CT molecular complexity index is 745. The molecule has 120 valence electrons. The normalized spacial score (nSPS) is 10.7. The number of halogens is 1. The summed E-state index contributed by atoms with van der Waals surface area (Å²) in [4.78, 5) is 11.8. The van der Waals surface area contributed by atoms with Crippen molar-refractivity contribution in [3.05, 3.63) is 56.7 Å². The number of hydrogen-bond donors (Lipinski definition) is 3. The molecule has 0 aliphatic heterocycles. The Morgan fingerprint density at radius 2 is 2.00 bits per heavy atom. The molecular formula is C17H18IN3O2. The SMILES string of the molecule is Cc1ccccc1NCC(=O)NN=Cc1cc(I)cc(C)c1O. The van der Waals surface area contributed by atoms with E-state index < -0.39 is 0 Å². The lowest BCUT2D eigenvalue weighted by Crippen LogP contribution is -2.26. The molecule has 0 fully saturated rings. The number of carbonyl (C=O) groups is 1. The van der Waals surface area contributed by atoms with Crippen LogP contribution in [0, 0.1) is 17.4 Å². The number of hydrazone groups is 1. The molecule has 2 aromatic carbocycles. The molecule has 0 aliphatic carbocycles. The van der Waals surface area contributed by atoms with E-state index in [0.717, 1.165) is 20.4 Å². The quantitative estimate of drug-likeness (QED) is 0.393. The molecule has 0 aliphatic rings. The number of hydrogen-bond acceptors (Lipinski definition) is 4. The topological polar surface area (TPSA) is 73.7 Å². The van der Waals surface area contributed by atoms with Gasteiger partial charge in [0, 0.05) is 14.8 Å². The molecule has 6 heteroatoms. The minimum Gasteiger partial charge on any atom is -0.507 e. The van der Waals surface area contributed by atoms with Crippen molar-refractivity contribution in [2.45, 2.75) is 13.8 Å². The van der Waals surface area contributed by atoms with Crippen molar-refractivity contribution in [2.75, 3.05) is 11.9 Å². The van der Waals surface area contributed by atoms with Gasteiger partial charge >= 0.3 is 0 Å². The van der Waals surface area contributed by atoms with Crippen molar-refractivity contribution in [1.82, 2.24) is 5.43 Å². The van der Waals surface area contributed by atoms with Gasteiger partial charge in [-0.05, 0) is 65.8 Å². The van der Waals surface area contributed by atoms with E-state index in [1.165, 1.54) is 6.21 Å². The predicted octanol–water partition coefficient (Wildman–Crippen LogP) is 3.18. The molecule has 0 saturated heterocycles. The molecule has 0 heterocycles. The van der Waals surface area contributed by atoms with Crippen LogP contribution in [0.5, 0.6) is 5.75 Å². The smallest absolute Gasteiger partial charge is 0.259 e. The maximum atomic E-state index is 11.8. The van der Waals surface area contributed by atoms with Crippen LogP contribution in [0.2, 0.25) is 0 Å². The van der Waals surface area contributed by atoms with Gasteiger partial charge in [0.1, 0.15) is 5.75 Å². The van der Waals surface area contributed by atoms with Crippen LogP contribution in [0.15, 0.2) is 41.5 Å². The van der Waals surface area contributed by atoms with Gasteiger partial charge in [-0.25, -0.2) is 5.43 Å². The number of benzene rings is 2. The van der Waals surface area contributed by atoms with E-state index in [4.69, 9.17) is 0 Å². The van der Waals surface area contributed by atoms with Crippen LogP contribution in [-0.2, 0) is 4.79 Å². The summed E-state index contributed by atoms with van der Waals surface area (Å²) < 4.78 is 0.992. The summed E-state index contributed by atoms with van der Waals surface area (Å²) in [5, 5.41) is 16.9. The number of aryl methyl sites for hydroxylation is 2. The van der Waals surface area contributed by atoms with E-state index in [9.17, 15) is 9.90 Å². The van der Waals surface area contributed by atoms with Crippen molar-refractivity contribution in [3.63, 3.8) is 0 Å². The molecule has 0 spiro atoms. The van der Waals surface area contributed by atoms with Crippen molar-refractivity contribution in [3.8, 4) is 5.75 Å². The van der Waals surface area contributed by atoms with Crippen molar-refractivity contribution < 1.29 is 9.90 Å². The number of para-hydroxylation sites is 1. The number of phenolic OH excluding ortho intramolecular Hbond substituents is 1. The Morgan fingerprint density at radius 1 is 1.26 bits per heavy atom. The largest absolute Gasteiger partial charge is 0.507 e. The molecule has 5 nitrogen and oxygen atoms in total. The van der Waals surface area contributed by atoms with Gasteiger partial charge in [-0.3, -0.25) is 4.79 Å². The highest BCUT2D eigenvalue weighted by Gasteiger charge is 2.05. The Morgan fingerprint density at radius 3 is 2.74 bits per heavy atom. The molecule has 1 amide bonds. The number of aromatic hydroxyl groups is 1. The standard InChI is InChI=1S/C17H18IN3O2/c1-11-5-3-4-6-15(11)19-10-16(22)21-20-9-13-8-14(18)7-12(2)17(13)23/h3-9,19,23H,10H2,1-2H3,(H,21,22). The molecule has 0 aromatic heterocycles. The molecule has 0 atom stereocenters. The predicted molar refractivity (Wildman–Crippen MR) is 101 cm³/mol. The number of nitrogens with zero attached hydrogens (tertiary/aromatic N) is 1. The average molecular weight is 423 g/mol. The summed E-state index contributed by atoms with van der Waals surface area (Å²) >= 11 is 2.17. The highest BCUT2D eigenvalue weighted by atomic mass is 127. The third-order valence-electron chi connectivity index (χ3n) is 3.27. The van der Waals surface area contributed by atoms with Gasteiger partial charge in [-0.15, -0.1) is 0 Å². The first kappa shape index (κ1) is 17.3. The summed E-state index contributed by atoms with van der Waals surface area (Å²) in [7, 11) is 0. The maximum absolute atomic E-state index is 11.8. The monoisotopic (exact) mass is 423 g/mol. The third-order valence-corrected chi connectivity index (χ3v) is 3.89. The minimum absolute atomic E-state index is 0.125. The molecular weight excluding hydrogens is 405 g/mol. The van der Waals surface area contributed by atoms with Crippen LogP contribution in [0.3, 0.4) is 0 Å². The Hall–Kier alpha value is -2.09. The van der Waals surface area contributed by atoms with E-state index in [-0.39, 0.29) is 18.2 Å². The van der Waals surface area contributed by atoms with Crippen molar-refractivity contribution in [2.24, 2.45) is 5.10 Å². The second-order valence-corrected chi connectivity index (χ2v) is 6.37. The second kappa shape index (κ2) is 7.96. The van der Waals surface area contributed by atoms with Gasteiger partial charge in [0.2, 0.25) is 0 Å². The van der Waals surface area contributed by atoms with Crippen LogP contribution in [0.25, 0.3) is 0 Å². The van der Waals surface area contributed by atoms with E-state index in [0.29, 0.717) is 5.56 Å². The number of anilines is 1. The summed E-state index contributed by atoms with van der Waals surface area (Å²) in [6.07, 6.45) is 1.44. The van der Waals surface area contributed by atoms with Crippen molar-refractivity contribution in [1.29, 1.82) is 0 Å². The van der Waals surface area contributed by atoms with E-state index >= 15 is 0 Å². The first-order valence-corrected chi connectivity index (χ1v) is 8.16. The summed E-state index contributed by atoms with van der Waals surface area (Å²) in [6.45, 7) is 3.92. The lowest BCUT2D eigenvalue weighted by Gasteiger charge is -2.08. The van der Waals surface area contributed by atoms with Crippen molar-refractivity contribution >= 4 is 40.4 Å². The van der Waals surface area contributed by atoms with Gasteiger partial charge in [0.05, 0.1) is 12.8 Å². The fraction of sp³-hybridized carbons (Fsp3) is 0.176. The highest BCUT2D eigenvalue weighted by Crippen LogP contribution is 2.23. The maximum Gasteiger partial charge on any atom is 0.259 e. The molecule has 2 rings (SSSR count). The molecule has 0 radical (unpaired) electrons. The number of carbonyl (C=O) groups excluding carboxylic acids is 1. The zero-order valence-corrected chi connectivity index (χ0v) is 15.1. The van der Waals surface area contributed by atoms with Crippen LogP contribution >= 0.6 is 22.6 Å². The molecule has 0 unspecified atom stereocenters. The van der Waals surface area contributed by atoms with Gasteiger partial charge < -0.3 is 10.4 Å². The molecule has 3 N–H and O–H groups in total. The molecule has 0 saturated carbocycles. The molecule has 0 bridgehead atoms. The minimum atomic E-state index is -0.258. The zero-order chi connectivity index (χ0) is 16.8. The number of nitrogens with one attached hydrogen (secondary N) is 2. The fourth-order valence-corrected chi connectivity index (χ4v) is 2.82. The van der Waals surface area contributed by atoms with Gasteiger partial charge in [0.25, 0.3) is 5.91 Å². The Kier molecular flexibility index (Phi) is 5.97. The van der Waals surface area contributed by atoms with Crippen LogP contribution < -0.4 is 10.7 Å². The first-order valence-electron chi connectivity index (χ1n) is 7.08. The molecule has 23 heavy (non-hydrogen) atoms. The lowest BCUT2D eigenvalue weighted by atomic mass is 10.1. The van der Waals surface area contributed by atoms with E-state index in [1.54, 1.807) is 6.07 Å². The fourth-order valence-electron chi connectivity index (χ4n) is 2.02. The van der Waals surface area contributed by atoms with E-state index in [1.807, 2.05) is 44.2 Å². The van der Waals surface area contributed by atoms with Crippen LogP contribution in [-0.4, -0.2) is 23.8 Å². The van der Waals surface area contributed by atoms with Gasteiger partial charge in [-0.1, -0.05) is 18.2 Å². The number of rotatable bonds is 5. The van der Waals surface area contributed by atoms with Crippen LogP contribution in [0.1, 0.15) is 16.7 Å². The second-order valence-electron chi connectivity index (χ2n) is 5.12. The lowest BCUT2D eigenvalue weighted by molar-refractivity contribution is -0.119. The highest BCUT2D eigenvalue weighted by molar-refractivity contribution is 14.1. The summed E-state index contributed by atoms with van der Waals surface area (Å²) in [5.74, 6) is -0.0900. The Labute approximate surface area is 148 Å². The van der Waals surface area contributed by atoms with E-state index in [2.05, 4.69) is 38.4 Å². The Balaban J connectivity index is 1.91. The first-order chi connectivity index (χ1) is 11.0. The van der Waals surface area contributed by atoms with Gasteiger partial charge in [-0.2, -0.15) is 5.10 Å². The molecule has 2 aromatic rings. The van der Waals surface area contributed by atoms with Crippen LogP contribution in [0.4, 0.5) is 5.69 Å². The number of amides is 1. The summed E-state index contributed by atoms with van der Waals surface area (Å²) in [5.41, 5.74) is 5.77.